The maximum Gasteiger partial charge on any atom is 0.0106 e. The van der Waals surface area contributed by atoms with Crippen molar-refractivity contribution in [2.75, 3.05) is 0 Å². The SMILES string of the molecule is [CH2]c1ccn(C)c1. The predicted octanol–water partition coefficient (Wildman–Crippen LogP) is 1.21. The highest BCUT2D eigenvalue weighted by Crippen LogP contribution is 1.93. The topological polar surface area (TPSA) is 4.93 Å². The molecule has 0 aliphatic rings. The van der Waals surface area contributed by atoms with Gasteiger partial charge >= 0.3 is 0 Å². The number of hydrogen-bond acceptors (Lipinski definition) is 0. The van der Waals surface area contributed by atoms with E-state index in [4.69, 9.17) is 0 Å². The Balaban J connectivity index is 3.04. The van der Waals surface area contributed by atoms with Crippen LogP contribution in [0, 0.1) is 6.92 Å². The lowest BCUT2D eigenvalue weighted by Gasteiger charge is -1.80. The highest BCUT2D eigenvalue weighted by atomic mass is 14.9. The molecule has 1 aromatic rings. The van der Waals surface area contributed by atoms with Gasteiger partial charge in [0.25, 0.3) is 0 Å². The molecule has 0 atom stereocenters. The van der Waals surface area contributed by atoms with Crippen LogP contribution in [0.15, 0.2) is 18.5 Å². The fourth-order valence-electron chi connectivity index (χ4n) is 0.561. The number of aromatic nitrogens is 1. The smallest absolute Gasteiger partial charge is 0.0106 e. The van der Waals surface area contributed by atoms with Gasteiger partial charge in [-0.05, 0) is 18.6 Å². The fourth-order valence-corrected chi connectivity index (χ4v) is 0.561. The Morgan fingerprint density at radius 3 is 2.57 bits per heavy atom. The van der Waals surface area contributed by atoms with E-state index in [0.717, 1.165) is 5.56 Å². The molecule has 0 unspecified atom stereocenters. The third-order valence-electron chi connectivity index (χ3n) is 0.893. The first-order valence-corrected chi connectivity index (χ1v) is 2.23. The summed E-state index contributed by atoms with van der Waals surface area (Å²) in [7, 11) is 1.98. The minimum atomic E-state index is 1.07. The first kappa shape index (κ1) is 4.44. The summed E-state index contributed by atoms with van der Waals surface area (Å²) in [5.41, 5.74) is 1.07. The molecule has 0 amide bonds. The third-order valence-corrected chi connectivity index (χ3v) is 0.893. The number of hydrogen-bond donors (Lipinski definition) is 0. The lowest BCUT2D eigenvalue weighted by molar-refractivity contribution is 0.926. The average molecular weight is 94.1 g/mol. The van der Waals surface area contributed by atoms with Crippen LogP contribution >= 0.6 is 0 Å². The van der Waals surface area contributed by atoms with Gasteiger partial charge in [-0.25, -0.2) is 0 Å². The minimum Gasteiger partial charge on any atom is -0.357 e. The van der Waals surface area contributed by atoms with Crippen molar-refractivity contribution in [2.24, 2.45) is 7.05 Å². The molecule has 0 aliphatic carbocycles. The molecule has 0 aromatic carbocycles. The van der Waals surface area contributed by atoms with Crippen LogP contribution in [0.25, 0.3) is 0 Å². The van der Waals surface area contributed by atoms with Gasteiger partial charge < -0.3 is 4.57 Å². The predicted molar refractivity (Wildman–Crippen MR) is 29.9 cm³/mol. The van der Waals surface area contributed by atoms with Gasteiger partial charge in [0.2, 0.25) is 0 Å². The summed E-state index contributed by atoms with van der Waals surface area (Å²) in [5, 5.41) is 0. The Hall–Kier alpha value is -0.720. The molecule has 0 saturated carbocycles. The van der Waals surface area contributed by atoms with E-state index in [2.05, 4.69) is 6.92 Å². The quantitative estimate of drug-likeness (QED) is 0.455. The van der Waals surface area contributed by atoms with E-state index in [1.807, 2.05) is 30.1 Å². The zero-order chi connectivity index (χ0) is 5.28. The molecular weight excluding hydrogens is 86.1 g/mol. The molecule has 0 aliphatic heterocycles. The van der Waals surface area contributed by atoms with Crippen molar-refractivity contribution in [3.05, 3.63) is 30.9 Å². The van der Waals surface area contributed by atoms with Gasteiger partial charge in [-0.1, -0.05) is 0 Å². The molecule has 1 heterocycles. The zero-order valence-corrected chi connectivity index (χ0v) is 4.39. The van der Waals surface area contributed by atoms with Crippen molar-refractivity contribution >= 4 is 0 Å². The third kappa shape index (κ3) is 0.829. The second-order valence-corrected chi connectivity index (χ2v) is 1.69. The van der Waals surface area contributed by atoms with Crippen LogP contribution in [0.3, 0.4) is 0 Å². The fraction of sp³-hybridized carbons (Fsp3) is 0.167. The van der Waals surface area contributed by atoms with E-state index in [0.29, 0.717) is 0 Å². The molecular formula is C6H8N. The van der Waals surface area contributed by atoms with Crippen molar-refractivity contribution in [3.63, 3.8) is 0 Å². The lowest BCUT2D eigenvalue weighted by Crippen LogP contribution is -1.76. The van der Waals surface area contributed by atoms with Gasteiger partial charge in [0.15, 0.2) is 0 Å². The molecule has 0 bridgehead atoms. The first-order chi connectivity index (χ1) is 3.29. The highest BCUT2D eigenvalue weighted by Gasteiger charge is 1.80. The van der Waals surface area contributed by atoms with Crippen LogP contribution in [0.1, 0.15) is 5.56 Å². The Bertz CT molecular complexity index is 136. The highest BCUT2D eigenvalue weighted by molar-refractivity contribution is 5.12. The molecule has 0 fully saturated rings. The molecule has 0 saturated heterocycles. The molecule has 37 valence electrons. The molecule has 0 N–H and O–H groups in total. The molecule has 1 rings (SSSR count). The maximum atomic E-state index is 3.72. The number of aryl methyl sites for hydroxylation is 1. The second-order valence-electron chi connectivity index (χ2n) is 1.69. The zero-order valence-electron chi connectivity index (χ0n) is 4.39. The van der Waals surface area contributed by atoms with E-state index < -0.39 is 0 Å². The second kappa shape index (κ2) is 1.41. The Morgan fingerprint density at radius 1 is 1.71 bits per heavy atom. The van der Waals surface area contributed by atoms with Crippen LogP contribution in [0.2, 0.25) is 0 Å². The summed E-state index contributed by atoms with van der Waals surface area (Å²) in [5.74, 6) is 0. The summed E-state index contributed by atoms with van der Waals surface area (Å²) < 4.78 is 1.97. The molecule has 1 heteroatoms. The summed E-state index contributed by atoms with van der Waals surface area (Å²) in [4.78, 5) is 0. The van der Waals surface area contributed by atoms with Crippen LogP contribution in [-0.2, 0) is 7.05 Å². The maximum absolute atomic E-state index is 3.72. The molecule has 1 aromatic heterocycles. The monoisotopic (exact) mass is 94.1 g/mol. The number of rotatable bonds is 0. The van der Waals surface area contributed by atoms with E-state index in [-0.39, 0.29) is 0 Å². The standard InChI is InChI=1S/C6H8N/c1-6-3-4-7(2)5-6/h3-5H,1H2,2H3. The van der Waals surface area contributed by atoms with Crippen molar-refractivity contribution < 1.29 is 0 Å². The summed E-state index contributed by atoms with van der Waals surface area (Å²) in [6.07, 6.45) is 3.95. The number of nitrogens with zero attached hydrogens (tertiary/aromatic N) is 1. The molecule has 0 spiro atoms. The van der Waals surface area contributed by atoms with E-state index in [1.165, 1.54) is 0 Å². The minimum absolute atomic E-state index is 1.07. The Labute approximate surface area is 43.6 Å². The normalized spacial score (nSPS) is 9.43. The van der Waals surface area contributed by atoms with E-state index in [9.17, 15) is 0 Å². The first-order valence-electron chi connectivity index (χ1n) is 2.23. The summed E-state index contributed by atoms with van der Waals surface area (Å²) >= 11 is 0. The van der Waals surface area contributed by atoms with E-state index >= 15 is 0 Å². The van der Waals surface area contributed by atoms with Crippen molar-refractivity contribution in [2.45, 2.75) is 0 Å². The van der Waals surface area contributed by atoms with Gasteiger partial charge in [0.05, 0.1) is 0 Å². The van der Waals surface area contributed by atoms with Gasteiger partial charge in [-0.3, -0.25) is 0 Å². The van der Waals surface area contributed by atoms with Gasteiger partial charge in [-0.2, -0.15) is 0 Å². The van der Waals surface area contributed by atoms with Crippen molar-refractivity contribution in [1.82, 2.24) is 4.57 Å². The average Bonchev–Trinajstić information content (AvgIpc) is 1.87. The summed E-state index contributed by atoms with van der Waals surface area (Å²) in [6, 6.07) is 1.97. The van der Waals surface area contributed by atoms with E-state index in [1.54, 1.807) is 0 Å². The van der Waals surface area contributed by atoms with Crippen LogP contribution < -0.4 is 0 Å². The van der Waals surface area contributed by atoms with Crippen LogP contribution in [0.4, 0.5) is 0 Å². The van der Waals surface area contributed by atoms with Gasteiger partial charge in [0, 0.05) is 19.4 Å². The Morgan fingerprint density at radius 2 is 2.43 bits per heavy atom. The summed E-state index contributed by atoms with van der Waals surface area (Å²) in [6.45, 7) is 3.72. The van der Waals surface area contributed by atoms with Crippen LogP contribution in [-0.4, -0.2) is 4.57 Å². The van der Waals surface area contributed by atoms with Gasteiger partial charge in [-0.15, -0.1) is 0 Å². The van der Waals surface area contributed by atoms with Crippen molar-refractivity contribution in [1.29, 1.82) is 0 Å². The van der Waals surface area contributed by atoms with Crippen LogP contribution in [0.5, 0.6) is 0 Å². The molecule has 7 heavy (non-hydrogen) atoms. The molecule has 1 nitrogen and oxygen atoms in total. The van der Waals surface area contributed by atoms with Gasteiger partial charge in [0.1, 0.15) is 0 Å². The van der Waals surface area contributed by atoms with Crippen molar-refractivity contribution in [3.8, 4) is 0 Å². The Kier molecular flexibility index (Phi) is 0.895. The molecule has 1 radical (unpaired) electrons. The largest absolute Gasteiger partial charge is 0.357 e. The lowest BCUT2D eigenvalue weighted by atomic mass is 10.4.